The first-order chi connectivity index (χ1) is 14.4. The molecule has 156 valence electrons. The molecule has 1 saturated heterocycles. The minimum absolute atomic E-state index is 0.103. The van der Waals surface area contributed by atoms with Gasteiger partial charge in [-0.2, -0.15) is 0 Å². The first-order valence-corrected chi connectivity index (χ1v) is 9.28. The van der Waals surface area contributed by atoms with Crippen molar-refractivity contribution in [1.29, 1.82) is 0 Å². The van der Waals surface area contributed by atoms with E-state index in [-0.39, 0.29) is 18.9 Å². The SMILES string of the molecule is COc1ccc(CN2C(=O)N[C@H](CC(=O)Nc3cccc(NC(C)=O)c3)C2=O)cc1. The molecule has 0 spiro atoms. The molecular formula is C21H22N4O5. The van der Waals surface area contributed by atoms with E-state index in [9.17, 15) is 19.2 Å². The quantitative estimate of drug-likeness (QED) is 0.605. The molecule has 1 aliphatic rings. The number of amides is 5. The number of urea groups is 1. The maximum atomic E-state index is 12.6. The van der Waals surface area contributed by atoms with Gasteiger partial charge in [0.15, 0.2) is 0 Å². The third kappa shape index (κ3) is 5.13. The molecule has 0 aliphatic carbocycles. The van der Waals surface area contributed by atoms with Crippen LogP contribution < -0.4 is 20.7 Å². The molecule has 0 bridgehead atoms. The van der Waals surface area contributed by atoms with E-state index in [2.05, 4.69) is 16.0 Å². The molecule has 0 aromatic heterocycles. The van der Waals surface area contributed by atoms with Gasteiger partial charge in [0.05, 0.1) is 20.1 Å². The molecule has 9 heteroatoms. The molecule has 3 N–H and O–H groups in total. The van der Waals surface area contributed by atoms with E-state index in [0.29, 0.717) is 17.1 Å². The number of ether oxygens (including phenoxy) is 1. The second-order valence-corrected chi connectivity index (χ2v) is 6.79. The van der Waals surface area contributed by atoms with E-state index in [0.717, 1.165) is 10.5 Å². The fourth-order valence-corrected chi connectivity index (χ4v) is 3.05. The Morgan fingerprint density at radius 1 is 1.07 bits per heavy atom. The summed E-state index contributed by atoms with van der Waals surface area (Å²) in [4.78, 5) is 49.4. The lowest BCUT2D eigenvalue weighted by Crippen LogP contribution is -2.34. The van der Waals surface area contributed by atoms with E-state index >= 15 is 0 Å². The van der Waals surface area contributed by atoms with Crippen molar-refractivity contribution < 1.29 is 23.9 Å². The smallest absolute Gasteiger partial charge is 0.325 e. The normalized spacial score (nSPS) is 15.5. The van der Waals surface area contributed by atoms with Gasteiger partial charge in [-0.3, -0.25) is 19.3 Å². The fraction of sp³-hybridized carbons (Fsp3) is 0.238. The Morgan fingerprint density at radius 2 is 1.73 bits per heavy atom. The van der Waals surface area contributed by atoms with Gasteiger partial charge in [0.2, 0.25) is 11.8 Å². The van der Waals surface area contributed by atoms with Gasteiger partial charge in [0.1, 0.15) is 11.8 Å². The zero-order valence-corrected chi connectivity index (χ0v) is 16.6. The van der Waals surface area contributed by atoms with Crippen molar-refractivity contribution in [2.45, 2.75) is 25.9 Å². The summed E-state index contributed by atoms with van der Waals surface area (Å²) in [6, 6.07) is 12.2. The zero-order valence-electron chi connectivity index (χ0n) is 16.6. The van der Waals surface area contributed by atoms with Crippen molar-refractivity contribution in [2.24, 2.45) is 0 Å². The molecule has 1 fully saturated rings. The molecule has 2 aromatic carbocycles. The van der Waals surface area contributed by atoms with Crippen LogP contribution >= 0.6 is 0 Å². The lowest BCUT2D eigenvalue weighted by atomic mass is 10.1. The lowest BCUT2D eigenvalue weighted by Gasteiger charge is -2.13. The Kier molecular flexibility index (Phi) is 6.31. The summed E-state index contributed by atoms with van der Waals surface area (Å²) in [5.41, 5.74) is 1.77. The minimum Gasteiger partial charge on any atom is -0.497 e. The predicted molar refractivity (Wildman–Crippen MR) is 110 cm³/mol. The fourth-order valence-electron chi connectivity index (χ4n) is 3.05. The van der Waals surface area contributed by atoms with Gasteiger partial charge in [0.25, 0.3) is 5.91 Å². The molecule has 1 heterocycles. The van der Waals surface area contributed by atoms with Crippen molar-refractivity contribution in [2.75, 3.05) is 17.7 Å². The van der Waals surface area contributed by atoms with E-state index in [4.69, 9.17) is 4.74 Å². The van der Waals surface area contributed by atoms with Gasteiger partial charge in [-0.1, -0.05) is 18.2 Å². The van der Waals surface area contributed by atoms with Crippen LogP contribution in [0.1, 0.15) is 18.9 Å². The first-order valence-electron chi connectivity index (χ1n) is 9.28. The molecule has 5 amide bonds. The number of carbonyl (C=O) groups is 4. The molecule has 0 radical (unpaired) electrons. The van der Waals surface area contributed by atoms with Crippen LogP contribution in [0.5, 0.6) is 5.75 Å². The lowest BCUT2D eigenvalue weighted by molar-refractivity contribution is -0.130. The maximum Gasteiger partial charge on any atom is 0.325 e. The van der Waals surface area contributed by atoms with Crippen molar-refractivity contribution in [1.82, 2.24) is 10.2 Å². The largest absolute Gasteiger partial charge is 0.497 e. The second-order valence-electron chi connectivity index (χ2n) is 6.79. The molecule has 3 rings (SSSR count). The number of carbonyl (C=O) groups excluding carboxylic acids is 4. The average molecular weight is 410 g/mol. The number of rotatable bonds is 7. The highest BCUT2D eigenvalue weighted by atomic mass is 16.5. The first kappa shape index (κ1) is 20.8. The van der Waals surface area contributed by atoms with E-state index in [1.54, 1.807) is 55.6 Å². The van der Waals surface area contributed by atoms with Crippen molar-refractivity contribution in [3.63, 3.8) is 0 Å². The summed E-state index contributed by atoms with van der Waals surface area (Å²) < 4.78 is 5.09. The van der Waals surface area contributed by atoms with Gasteiger partial charge in [-0.25, -0.2) is 4.79 Å². The molecular weight excluding hydrogens is 388 g/mol. The molecule has 1 aliphatic heterocycles. The summed E-state index contributed by atoms with van der Waals surface area (Å²) in [5, 5.41) is 7.84. The highest BCUT2D eigenvalue weighted by molar-refractivity contribution is 6.07. The van der Waals surface area contributed by atoms with Crippen LogP contribution in [0.3, 0.4) is 0 Å². The zero-order chi connectivity index (χ0) is 21.7. The summed E-state index contributed by atoms with van der Waals surface area (Å²) >= 11 is 0. The Morgan fingerprint density at radius 3 is 2.37 bits per heavy atom. The summed E-state index contributed by atoms with van der Waals surface area (Å²) in [5.74, 6) is -0.444. The Balaban J connectivity index is 1.59. The Bertz CT molecular complexity index is 974. The van der Waals surface area contributed by atoms with E-state index < -0.39 is 23.9 Å². The van der Waals surface area contributed by atoms with Gasteiger partial charge in [0, 0.05) is 18.3 Å². The van der Waals surface area contributed by atoms with Crippen LogP contribution in [0.4, 0.5) is 16.2 Å². The number of nitrogens with zero attached hydrogens (tertiary/aromatic N) is 1. The van der Waals surface area contributed by atoms with Crippen LogP contribution in [0.2, 0.25) is 0 Å². The Labute approximate surface area is 173 Å². The number of hydrogen-bond donors (Lipinski definition) is 3. The Hall–Kier alpha value is -3.88. The van der Waals surface area contributed by atoms with Crippen LogP contribution in [-0.4, -0.2) is 41.8 Å². The standard InChI is InChI=1S/C21H22N4O5/c1-13(26)22-15-4-3-5-16(10-15)23-19(27)11-18-20(28)25(21(29)24-18)12-14-6-8-17(30-2)9-7-14/h3-10,18H,11-12H2,1-2H3,(H,22,26)(H,23,27)(H,24,29)/t18-/m1/s1. The topological polar surface area (TPSA) is 117 Å². The van der Waals surface area contributed by atoms with Gasteiger partial charge in [-0.05, 0) is 35.9 Å². The summed E-state index contributed by atoms with van der Waals surface area (Å²) in [7, 11) is 1.55. The summed E-state index contributed by atoms with van der Waals surface area (Å²) in [6.07, 6.45) is -0.200. The van der Waals surface area contributed by atoms with Crippen LogP contribution in [0.25, 0.3) is 0 Å². The molecule has 1 atom stereocenters. The third-order valence-corrected chi connectivity index (χ3v) is 4.46. The van der Waals surface area contributed by atoms with E-state index in [1.807, 2.05) is 0 Å². The van der Waals surface area contributed by atoms with Crippen molar-refractivity contribution in [3.05, 3.63) is 54.1 Å². The number of benzene rings is 2. The van der Waals surface area contributed by atoms with Gasteiger partial charge >= 0.3 is 6.03 Å². The molecule has 30 heavy (non-hydrogen) atoms. The number of imide groups is 1. The van der Waals surface area contributed by atoms with Crippen LogP contribution in [-0.2, 0) is 20.9 Å². The molecule has 0 unspecified atom stereocenters. The predicted octanol–water partition coefficient (Wildman–Crippen LogP) is 2.10. The van der Waals surface area contributed by atoms with Crippen molar-refractivity contribution in [3.8, 4) is 5.75 Å². The molecule has 0 saturated carbocycles. The molecule has 2 aromatic rings. The summed E-state index contributed by atoms with van der Waals surface area (Å²) in [6.45, 7) is 1.49. The average Bonchev–Trinajstić information content (AvgIpc) is 2.95. The van der Waals surface area contributed by atoms with Gasteiger partial charge in [-0.15, -0.1) is 0 Å². The minimum atomic E-state index is -0.936. The second kappa shape index (κ2) is 9.08. The van der Waals surface area contributed by atoms with Crippen LogP contribution in [0, 0.1) is 0 Å². The number of nitrogens with one attached hydrogen (secondary N) is 3. The monoisotopic (exact) mass is 410 g/mol. The highest BCUT2D eigenvalue weighted by Gasteiger charge is 2.38. The van der Waals surface area contributed by atoms with Crippen molar-refractivity contribution >= 4 is 35.1 Å². The number of anilines is 2. The highest BCUT2D eigenvalue weighted by Crippen LogP contribution is 2.19. The third-order valence-electron chi connectivity index (χ3n) is 4.46. The van der Waals surface area contributed by atoms with Crippen LogP contribution in [0.15, 0.2) is 48.5 Å². The molecule has 9 nitrogen and oxygen atoms in total. The number of methoxy groups -OCH3 is 1. The van der Waals surface area contributed by atoms with E-state index in [1.165, 1.54) is 6.92 Å². The number of hydrogen-bond acceptors (Lipinski definition) is 5. The van der Waals surface area contributed by atoms with Gasteiger partial charge < -0.3 is 20.7 Å². The maximum absolute atomic E-state index is 12.6.